The molecule has 3 nitrogen and oxygen atoms in total. The largest absolute Gasteiger partial charge is 0.389 e. The number of rotatable bonds is 0. The average molecular weight is 318 g/mol. The molecule has 3 heteroatoms. The van der Waals surface area contributed by atoms with Crippen molar-refractivity contribution < 1.29 is 14.7 Å². The molecule has 4 aliphatic carbocycles. The van der Waals surface area contributed by atoms with Crippen LogP contribution in [-0.4, -0.2) is 22.3 Å². The highest BCUT2D eigenvalue weighted by Gasteiger charge is 2.69. The smallest absolute Gasteiger partial charge is 0.141 e. The van der Waals surface area contributed by atoms with E-state index >= 15 is 0 Å². The van der Waals surface area contributed by atoms with Crippen LogP contribution in [-0.2, 0) is 9.59 Å². The summed E-state index contributed by atoms with van der Waals surface area (Å²) < 4.78 is 0. The third-order valence-electron chi connectivity index (χ3n) is 9.07. The molecule has 4 aliphatic rings. The fourth-order valence-electron chi connectivity index (χ4n) is 7.14. The Balaban J connectivity index is 1.75. The van der Waals surface area contributed by atoms with Gasteiger partial charge in [-0.2, -0.15) is 0 Å². The van der Waals surface area contributed by atoms with Crippen molar-refractivity contribution in [3.05, 3.63) is 0 Å². The maximum Gasteiger partial charge on any atom is 0.141 e. The third kappa shape index (κ3) is 1.70. The second-order valence-corrected chi connectivity index (χ2v) is 9.66. The van der Waals surface area contributed by atoms with Crippen molar-refractivity contribution in [1.29, 1.82) is 0 Å². The van der Waals surface area contributed by atoms with Crippen LogP contribution in [0.1, 0.15) is 78.6 Å². The van der Waals surface area contributed by atoms with Gasteiger partial charge in [-0.25, -0.2) is 0 Å². The van der Waals surface area contributed by atoms with Gasteiger partial charge in [0.2, 0.25) is 0 Å². The monoisotopic (exact) mass is 318 g/mol. The number of ketones is 2. The summed E-state index contributed by atoms with van der Waals surface area (Å²) in [6.07, 6.45) is 7.42. The maximum atomic E-state index is 12.5. The maximum absolute atomic E-state index is 12.5. The van der Waals surface area contributed by atoms with E-state index in [4.69, 9.17) is 0 Å². The van der Waals surface area contributed by atoms with Gasteiger partial charge >= 0.3 is 0 Å². The number of hydrogen-bond donors (Lipinski definition) is 1. The second kappa shape index (κ2) is 4.47. The van der Waals surface area contributed by atoms with Gasteiger partial charge in [0.1, 0.15) is 11.6 Å². The molecule has 0 radical (unpaired) electrons. The number of fused-ring (bicyclic) bond motifs is 5. The van der Waals surface area contributed by atoms with Crippen LogP contribution in [0.15, 0.2) is 0 Å². The third-order valence-corrected chi connectivity index (χ3v) is 9.07. The Labute approximate surface area is 139 Å². The van der Waals surface area contributed by atoms with Crippen LogP contribution in [0.3, 0.4) is 0 Å². The van der Waals surface area contributed by atoms with Gasteiger partial charge in [0.15, 0.2) is 0 Å². The minimum Gasteiger partial charge on any atom is -0.389 e. The van der Waals surface area contributed by atoms with Crippen molar-refractivity contribution in [3.63, 3.8) is 0 Å². The Morgan fingerprint density at radius 1 is 0.913 bits per heavy atom. The zero-order valence-electron chi connectivity index (χ0n) is 14.8. The van der Waals surface area contributed by atoms with Crippen LogP contribution < -0.4 is 0 Å². The SMILES string of the molecule is CC12CCC3C(CCC4(C)C(=O)CC[C@@]34O)C1(C)CCC(=O)C2. The summed E-state index contributed by atoms with van der Waals surface area (Å²) in [5.41, 5.74) is -1.12. The van der Waals surface area contributed by atoms with Crippen LogP contribution >= 0.6 is 0 Å². The van der Waals surface area contributed by atoms with Crippen molar-refractivity contribution >= 4 is 11.6 Å². The van der Waals surface area contributed by atoms with Crippen molar-refractivity contribution in [3.8, 4) is 0 Å². The van der Waals surface area contributed by atoms with E-state index in [1.165, 1.54) is 0 Å². The van der Waals surface area contributed by atoms with Crippen molar-refractivity contribution in [1.82, 2.24) is 0 Å². The summed E-state index contributed by atoms with van der Waals surface area (Å²) in [6.45, 7) is 6.69. The zero-order chi connectivity index (χ0) is 16.7. The summed E-state index contributed by atoms with van der Waals surface area (Å²) in [5.74, 6) is 1.38. The normalized spacial score (nSPS) is 56.0. The van der Waals surface area contributed by atoms with Crippen LogP contribution in [0.5, 0.6) is 0 Å². The molecule has 128 valence electrons. The van der Waals surface area contributed by atoms with Crippen molar-refractivity contribution in [2.75, 3.05) is 0 Å². The van der Waals surface area contributed by atoms with Gasteiger partial charge in [0.05, 0.1) is 11.0 Å². The molecule has 0 spiro atoms. The highest BCUT2D eigenvalue weighted by Crippen LogP contribution is 2.69. The summed E-state index contributed by atoms with van der Waals surface area (Å²) in [7, 11) is 0. The summed E-state index contributed by atoms with van der Waals surface area (Å²) in [6, 6.07) is 0. The lowest BCUT2D eigenvalue weighted by molar-refractivity contribution is -0.214. The lowest BCUT2D eigenvalue weighted by atomic mass is 9.40. The average Bonchev–Trinajstić information content (AvgIpc) is 2.73. The summed E-state index contributed by atoms with van der Waals surface area (Å²) >= 11 is 0. The van der Waals surface area contributed by atoms with E-state index in [0.717, 1.165) is 32.1 Å². The lowest BCUT2D eigenvalue weighted by Crippen LogP contribution is -2.64. The van der Waals surface area contributed by atoms with Crippen molar-refractivity contribution in [2.45, 2.75) is 84.2 Å². The lowest BCUT2D eigenvalue weighted by Gasteiger charge is -2.65. The Kier molecular flexibility index (Phi) is 3.07. The molecular weight excluding hydrogens is 288 g/mol. The van der Waals surface area contributed by atoms with Crippen LogP contribution in [0.4, 0.5) is 0 Å². The van der Waals surface area contributed by atoms with E-state index in [1.54, 1.807) is 0 Å². The summed E-state index contributed by atoms with van der Waals surface area (Å²) in [5, 5.41) is 11.6. The Hall–Kier alpha value is -0.700. The number of Topliss-reactive ketones (excluding diaryl/α,β-unsaturated/α-hetero) is 2. The molecule has 23 heavy (non-hydrogen) atoms. The molecule has 0 amide bonds. The minimum absolute atomic E-state index is 0.0796. The molecule has 0 heterocycles. The number of carbonyl (C=O) groups excluding carboxylic acids is 2. The van der Waals surface area contributed by atoms with Crippen LogP contribution in [0, 0.1) is 28.1 Å². The van der Waals surface area contributed by atoms with E-state index in [1.807, 2.05) is 6.92 Å². The van der Waals surface area contributed by atoms with E-state index < -0.39 is 11.0 Å². The predicted molar refractivity (Wildman–Crippen MR) is 87.8 cm³/mol. The molecule has 0 aromatic carbocycles. The first-order valence-electron chi connectivity index (χ1n) is 9.44. The van der Waals surface area contributed by atoms with Crippen LogP contribution in [0.25, 0.3) is 0 Å². The molecule has 6 atom stereocenters. The van der Waals surface area contributed by atoms with Gasteiger partial charge in [-0.05, 0) is 68.1 Å². The Morgan fingerprint density at radius 2 is 1.61 bits per heavy atom. The molecule has 4 saturated carbocycles. The van der Waals surface area contributed by atoms with Gasteiger partial charge in [-0.15, -0.1) is 0 Å². The predicted octanol–water partition coefficient (Wildman–Crippen LogP) is 3.67. The van der Waals surface area contributed by atoms with Crippen LogP contribution in [0.2, 0.25) is 0 Å². The fraction of sp³-hybridized carbons (Fsp3) is 0.900. The first-order chi connectivity index (χ1) is 10.7. The van der Waals surface area contributed by atoms with E-state index in [2.05, 4.69) is 13.8 Å². The van der Waals surface area contributed by atoms with Gasteiger partial charge < -0.3 is 5.11 Å². The minimum atomic E-state index is -0.807. The second-order valence-electron chi connectivity index (χ2n) is 9.66. The van der Waals surface area contributed by atoms with E-state index in [9.17, 15) is 14.7 Å². The molecule has 0 aromatic heterocycles. The van der Waals surface area contributed by atoms with Gasteiger partial charge in [0, 0.05) is 19.3 Å². The van der Waals surface area contributed by atoms with Gasteiger partial charge in [-0.1, -0.05) is 13.8 Å². The molecule has 4 fully saturated rings. The van der Waals surface area contributed by atoms with E-state index in [-0.39, 0.29) is 22.5 Å². The van der Waals surface area contributed by atoms with Crippen molar-refractivity contribution in [2.24, 2.45) is 28.1 Å². The van der Waals surface area contributed by atoms with Gasteiger partial charge in [0.25, 0.3) is 0 Å². The zero-order valence-corrected chi connectivity index (χ0v) is 14.8. The highest BCUT2D eigenvalue weighted by molar-refractivity contribution is 5.88. The molecule has 1 N–H and O–H groups in total. The summed E-state index contributed by atoms with van der Waals surface area (Å²) in [4.78, 5) is 24.5. The topological polar surface area (TPSA) is 54.4 Å². The number of carbonyl (C=O) groups is 2. The molecular formula is C20H30O3. The molecule has 4 rings (SSSR count). The molecule has 0 saturated heterocycles. The first kappa shape index (κ1) is 15.8. The Morgan fingerprint density at radius 3 is 2.35 bits per heavy atom. The molecule has 0 aliphatic heterocycles. The Bertz CT molecular complexity index is 583. The quantitative estimate of drug-likeness (QED) is 0.741. The molecule has 0 bridgehead atoms. The van der Waals surface area contributed by atoms with E-state index in [0.29, 0.717) is 37.4 Å². The number of hydrogen-bond acceptors (Lipinski definition) is 3. The standard InChI is InChI=1S/C20H30O3/c1-17-8-5-15-14(18(17,2)9-4-13(21)12-17)6-10-19(3)16(22)7-11-20(15,19)23/h14-15,23H,4-12H2,1-3H3/t14?,15?,17?,18?,19?,20-/m1/s1. The van der Waals surface area contributed by atoms with Gasteiger partial charge in [-0.3, -0.25) is 9.59 Å². The molecule has 5 unspecified atom stereocenters. The highest BCUT2D eigenvalue weighted by atomic mass is 16.3. The molecule has 0 aromatic rings. The number of aliphatic hydroxyl groups is 1. The fourth-order valence-corrected chi connectivity index (χ4v) is 7.14. The first-order valence-corrected chi connectivity index (χ1v) is 9.44.